The summed E-state index contributed by atoms with van der Waals surface area (Å²) in [7, 11) is 0. The molecule has 1 aliphatic heterocycles. The third kappa shape index (κ3) is 2.34. The monoisotopic (exact) mass is 248 g/mol. The Kier molecular flexibility index (Phi) is 3.57. The number of rotatable bonds is 3. The zero-order chi connectivity index (χ0) is 13.3. The predicted molar refractivity (Wildman–Crippen MR) is 71.4 cm³/mol. The number of aliphatic carboxylic acids is 1. The molecule has 0 bridgehead atoms. The van der Waals surface area contributed by atoms with E-state index in [1.807, 2.05) is 24.3 Å². The number of para-hydroxylation sites is 1. The molecule has 4 heteroatoms. The van der Waals surface area contributed by atoms with E-state index in [1.54, 1.807) is 0 Å². The number of nitrogen functional groups attached to an aromatic ring is 1. The highest BCUT2D eigenvalue weighted by Gasteiger charge is 2.39. The van der Waals surface area contributed by atoms with Gasteiger partial charge in [0.05, 0.1) is 5.92 Å². The summed E-state index contributed by atoms with van der Waals surface area (Å²) >= 11 is 0. The summed E-state index contributed by atoms with van der Waals surface area (Å²) in [6.45, 7) is 5.56. The van der Waals surface area contributed by atoms with Crippen LogP contribution in [0.5, 0.6) is 0 Å². The minimum absolute atomic E-state index is 0.00824. The van der Waals surface area contributed by atoms with Crippen molar-refractivity contribution in [2.45, 2.75) is 25.8 Å². The van der Waals surface area contributed by atoms with Crippen LogP contribution < -0.4 is 5.73 Å². The quantitative estimate of drug-likeness (QED) is 0.800. The molecule has 3 N–H and O–H groups in total. The normalized spacial score (nSPS) is 24.6. The summed E-state index contributed by atoms with van der Waals surface area (Å²) in [4.78, 5) is 13.6. The van der Waals surface area contributed by atoms with Gasteiger partial charge in [0.15, 0.2) is 0 Å². The lowest BCUT2D eigenvalue weighted by Crippen LogP contribution is -2.29. The second kappa shape index (κ2) is 4.98. The van der Waals surface area contributed by atoms with Crippen molar-refractivity contribution in [3.63, 3.8) is 0 Å². The van der Waals surface area contributed by atoms with Crippen LogP contribution in [0.1, 0.15) is 25.3 Å². The molecular weight excluding hydrogens is 228 g/mol. The Bertz CT molecular complexity index is 445. The molecule has 2 unspecified atom stereocenters. The number of hydrogen-bond acceptors (Lipinski definition) is 3. The second-order valence-corrected chi connectivity index (χ2v) is 5.23. The largest absolute Gasteiger partial charge is 0.481 e. The summed E-state index contributed by atoms with van der Waals surface area (Å²) in [5.41, 5.74) is 7.63. The molecule has 1 aliphatic rings. The van der Waals surface area contributed by atoms with Crippen molar-refractivity contribution in [3.05, 3.63) is 29.8 Å². The maximum Gasteiger partial charge on any atom is 0.308 e. The van der Waals surface area contributed by atoms with Crippen LogP contribution in [0.3, 0.4) is 0 Å². The number of likely N-dealkylation sites (tertiary alicyclic amines) is 1. The third-order valence-corrected chi connectivity index (χ3v) is 3.79. The molecule has 1 heterocycles. The first-order valence-corrected chi connectivity index (χ1v) is 6.32. The fourth-order valence-electron chi connectivity index (χ4n) is 2.67. The molecule has 1 aromatic carbocycles. The van der Waals surface area contributed by atoms with Gasteiger partial charge in [0, 0.05) is 30.7 Å². The highest BCUT2D eigenvalue weighted by atomic mass is 16.4. The zero-order valence-electron chi connectivity index (χ0n) is 10.8. The fraction of sp³-hybridized carbons (Fsp3) is 0.500. The molecule has 2 rings (SSSR count). The molecule has 98 valence electrons. The Balaban J connectivity index is 2.30. The summed E-state index contributed by atoms with van der Waals surface area (Å²) in [6, 6.07) is 7.94. The molecule has 18 heavy (non-hydrogen) atoms. The Hall–Kier alpha value is -1.55. The van der Waals surface area contributed by atoms with E-state index in [2.05, 4.69) is 18.7 Å². The maximum absolute atomic E-state index is 11.4. The van der Waals surface area contributed by atoms with Gasteiger partial charge in [-0.25, -0.2) is 0 Å². The van der Waals surface area contributed by atoms with Gasteiger partial charge in [0.1, 0.15) is 0 Å². The summed E-state index contributed by atoms with van der Waals surface area (Å²) in [5, 5.41) is 9.37. The number of anilines is 1. The van der Waals surface area contributed by atoms with Crippen LogP contribution in [-0.2, 0) is 4.79 Å². The smallest absolute Gasteiger partial charge is 0.308 e. The first-order valence-electron chi connectivity index (χ1n) is 6.32. The number of carboxylic acid groups (broad SMARTS) is 1. The van der Waals surface area contributed by atoms with E-state index in [0.717, 1.165) is 12.1 Å². The number of nitrogens with two attached hydrogens (primary N) is 1. The lowest BCUT2D eigenvalue weighted by atomic mass is 9.88. The lowest BCUT2D eigenvalue weighted by molar-refractivity contribution is -0.141. The first-order chi connectivity index (χ1) is 8.50. The second-order valence-electron chi connectivity index (χ2n) is 5.23. The van der Waals surface area contributed by atoms with Crippen molar-refractivity contribution >= 4 is 11.7 Å². The van der Waals surface area contributed by atoms with Crippen LogP contribution in [0.15, 0.2) is 24.3 Å². The van der Waals surface area contributed by atoms with Gasteiger partial charge >= 0.3 is 5.97 Å². The molecule has 0 aliphatic carbocycles. The van der Waals surface area contributed by atoms with Gasteiger partial charge in [-0.2, -0.15) is 0 Å². The van der Waals surface area contributed by atoms with E-state index in [-0.39, 0.29) is 11.8 Å². The van der Waals surface area contributed by atoms with Gasteiger partial charge in [0.25, 0.3) is 0 Å². The Morgan fingerprint density at radius 1 is 1.39 bits per heavy atom. The summed E-state index contributed by atoms with van der Waals surface area (Å²) in [6.07, 6.45) is 0. The van der Waals surface area contributed by atoms with E-state index in [4.69, 9.17) is 5.73 Å². The minimum Gasteiger partial charge on any atom is -0.481 e. The molecule has 0 radical (unpaired) electrons. The molecule has 1 fully saturated rings. The van der Waals surface area contributed by atoms with E-state index >= 15 is 0 Å². The van der Waals surface area contributed by atoms with Crippen molar-refractivity contribution in [3.8, 4) is 0 Å². The summed E-state index contributed by atoms with van der Waals surface area (Å²) in [5.74, 6) is -1.10. The molecular formula is C14H20N2O2. The average molecular weight is 248 g/mol. The molecule has 0 spiro atoms. The highest BCUT2D eigenvalue weighted by molar-refractivity contribution is 5.73. The number of hydrogen-bond donors (Lipinski definition) is 2. The van der Waals surface area contributed by atoms with Crippen LogP contribution >= 0.6 is 0 Å². The number of carbonyl (C=O) groups is 1. The molecule has 2 atom stereocenters. The van der Waals surface area contributed by atoms with Crippen molar-refractivity contribution in [2.75, 3.05) is 18.8 Å². The van der Waals surface area contributed by atoms with Crippen LogP contribution in [0.25, 0.3) is 0 Å². The van der Waals surface area contributed by atoms with E-state index in [0.29, 0.717) is 18.3 Å². The Labute approximate surface area is 107 Å². The maximum atomic E-state index is 11.4. The topological polar surface area (TPSA) is 66.6 Å². The zero-order valence-corrected chi connectivity index (χ0v) is 10.8. The Morgan fingerprint density at radius 2 is 2.06 bits per heavy atom. The SMILES string of the molecule is CC(C)N1CC(C(=O)O)C(c2ccccc2N)C1. The van der Waals surface area contributed by atoms with Gasteiger partial charge in [0.2, 0.25) is 0 Å². The highest BCUT2D eigenvalue weighted by Crippen LogP contribution is 2.36. The van der Waals surface area contributed by atoms with Crippen molar-refractivity contribution in [1.82, 2.24) is 4.90 Å². The molecule has 4 nitrogen and oxygen atoms in total. The average Bonchev–Trinajstić information content (AvgIpc) is 2.74. The molecule has 0 amide bonds. The number of nitrogens with zero attached hydrogens (tertiary/aromatic N) is 1. The van der Waals surface area contributed by atoms with Crippen molar-refractivity contribution in [1.29, 1.82) is 0 Å². The van der Waals surface area contributed by atoms with Gasteiger partial charge in [-0.15, -0.1) is 0 Å². The van der Waals surface area contributed by atoms with Crippen LogP contribution in [0, 0.1) is 5.92 Å². The molecule has 0 saturated carbocycles. The van der Waals surface area contributed by atoms with E-state index in [9.17, 15) is 9.90 Å². The third-order valence-electron chi connectivity index (χ3n) is 3.79. The van der Waals surface area contributed by atoms with Crippen LogP contribution in [0.2, 0.25) is 0 Å². The van der Waals surface area contributed by atoms with E-state index < -0.39 is 5.97 Å². The van der Waals surface area contributed by atoms with Crippen molar-refractivity contribution in [2.24, 2.45) is 5.92 Å². The molecule has 0 aromatic heterocycles. The van der Waals surface area contributed by atoms with Gasteiger partial charge in [-0.05, 0) is 25.5 Å². The van der Waals surface area contributed by atoms with Gasteiger partial charge in [-0.1, -0.05) is 18.2 Å². The molecule has 1 saturated heterocycles. The van der Waals surface area contributed by atoms with Gasteiger partial charge in [-0.3, -0.25) is 9.69 Å². The fourth-order valence-corrected chi connectivity index (χ4v) is 2.67. The predicted octanol–water partition coefficient (Wildman–Crippen LogP) is 1.78. The molecule has 1 aromatic rings. The van der Waals surface area contributed by atoms with Crippen molar-refractivity contribution < 1.29 is 9.90 Å². The standard InChI is InChI=1S/C14H20N2O2/c1-9(2)16-7-11(12(8-16)14(17)18)10-5-3-4-6-13(10)15/h3-6,9,11-12H,7-8,15H2,1-2H3,(H,17,18). The van der Waals surface area contributed by atoms with Crippen LogP contribution in [0.4, 0.5) is 5.69 Å². The van der Waals surface area contributed by atoms with Crippen LogP contribution in [-0.4, -0.2) is 35.1 Å². The van der Waals surface area contributed by atoms with E-state index in [1.165, 1.54) is 0 Å². The lowest BCUT2D eigenvalue weighted by Gasteiger charge is -2.20. The van der Waals surface area contributed by atoms with Gasteiger partial charge < -0.3 is 10.8 Å². The first kappa shape index (κ1) is 12.9. The summed E-state index contributed by atoms with van der Waals surface area (Å²) < 4.78 is 0. The number of benzene rings is 1. The minimum atomic E-state index is -0.730. The Morgan fingerprint density at radius 3 is 2.61 bits per heavy atom. The number of carboxylic acids is 1.